The van der Waals surface area contributed by atoms with E-state index in [0.717, 1.165) is 12.4 Å². The van der Waals surface area contributed by atoms with E-state index in [4.69, 9.17) is 10.5 Å². The van der Waals surface area contributed by atoms with Crippen molar-refractivity contribution in [2.75, 3.05) is 5.73 Å². The maximum absolute atomic E-state index is 12.7. The Morgan fingerprint density at radius 2 is 1.89 bits per heavy atom. The second kappa shape index (κ2) is 4.52. The summed E-state index contributed by atoms with van der Waals surface area (Å²) in [5.74, 6) is -0.461. The number of halogens is 3. The topological polar surface area (TPSA) is 61.0 Å². The van der Waals surface area contributed by atoms with Gasteiger partial charge in [0.15, 0.2) is 0 Å². The first-order chi connectivity index (χ1) is 8.48. The lowest BCUT2D eigenvalue weighted by Crippen LogP contribution is -2.07. The molecule has 2 aromatic rings. The number of alkyl halides is 3. The van der Waals surface area contributed by atoms with E-state index in [0.29, 0.717) is 0 Å². The number of benzene rings is 1. The minimum Gasteiger partial charge on any atom is -0.436 e. The summed E-state index contributed by atoms with van der Waals surface area (Å²) in [6.07, 6.45) is -2.11. The highest BCUT2D eigenvalue weighted by atomic mass is 19.4. The summed E-state index contributed by atoms with van der Waals surface area (Å²) in [7, 11) is 0. The van der Waals surface area contributed by atoms with Crippen LogP contribution in [0.2, 0.25) is 0 Å². The van der Waals surface area contributed by atoms with Gasteiger partial charge in [0.25, 0.3) is 0 Å². The van der Waals surface area contributed by atoms with E-state index in [2.05, 4.69) is 9.97 Å². The van der Waals surface area contributed by atoms with Gasteiger partial charge in [-0.25, -0.2) is 4.98 Å². The molecule has 0 bridgehead atoms. The molecule has 4 nitrogen and oxygen atoms in total. The van der Waals surface area contributed by atoms with E-state index < -0.39 is 11.7 Å². The maximum Gasteiger partial charge on any atom is 0.419 e. The second-order valence-electron chi connectivity index (χ2n) is 3.38. The van der Waals surface area contributed by atoms with Crippen molar-refractivity contribution in [1.29, 1.82) is 0 Å². The monoisotopic (exact) mass is 255 g/mol. The summed E-state index contributed by atoms with van der Waals surface area (Å²) in [6, 6.07) is 4.83. The van der Waals surface area contributed by atoms with Crippen molar-refractivity contribution in [3.05, 3.63) is 42.4 Å². The standard InChI is InChI=1S/C11H8F3N3O/c12-11(13,14)7-3-1-2-4-9(7)18-10-8(15)5-16-6-17-10/h1-6H,15H2. The molecule has 0 aliphatic carbocycles. The molecule has 0 aliphatic rings. The Balaban J connectivity index is 2.39. The van der Waals surface area contributed by atoms with Crippen LogP contribution in [0.3, 0.4) is 0 Å². The van der Waals surface area contributed by atoms with Crippen molar-refractivity contribution in [3.8, 4) is 11.6 Å². The van der Waals surface area contributed by atoms with Crippen LogP contribution in [0.25, 0.3) is 0 Å². The van der Waals surface area contributed by atoms with Crippen LogP contribution in [-0.2, 0) is 6.18 Å². The third-order valence-electron chi connectivity index (χ3n) is 2.10. The lowest BCUT2D eigenvalue weighted by molar-refractivity contribution is -0.138. The molecule has 18 heavy (non-hydrogen) atoms. The van der Waals surface area contributed by atoms with Crippen molar-refractivity contribution in [3.63, 3.8) is 0 Å². The first kappa shape index (κ1) is 12.2. The van der Waals surface area contributed by atoms with Gasteiger partial charge in [-0.05, 0) is 12.1 Å². The third-order valence-corrected chi connectivity index (χ3v) is 2.10. The maximum atomic E-state index is 12.7. The number of rotatable bonds is 2. The van der Waals surface area contributed by atoms with Crippen molar-refractivity contribution < 1.29 is 17.9 Å². The first-order valence-corrected chi connectivity index (χ1v) is 4.88. The minimum atomic E-state index is -4.50. The molecular weight excluding hydrogens is 247 g/mol. The normalized spacial score (nSPS) is 11.3. The molecule has 0 saturated carbocycles. The fourth-order valence-electron chi connectivity index (χ4n) is 1.31. The quantitative estimate of drug-likeness (QED) is 0.896. The molecule has 0 unspecified atom stereocenters. The van der Waals surface area contributed by atoms with Crippen LogP contribution in [0.4, 0.5) is 18.9 Å². The molecule has 0 spiro atoms. The Labute approximate surface area is 100 Å². The number of hydrogen-bond acceptors (Lipinski definition) is 4. The number of anilines is 1. The molecule has 7 heteroatoms. The molecule has 0 radical (unpaired) electrons. The zero-order valence-corrected chi connectivity index (χ0v) is 8.98. The van der Waals surface area contributed by atoms with Gasteiger partial charge in [-0.1, -0.05) is 12.1 Å². The van der Waals surface area contributed by atoms with Gasteiger partial charge in [0.1, 0.15) is 17.8 Å². The predicted octanol–water partition coefficient (Wildman–Crippen LogP) is 2.87. The van der Waals surface area contributed by atoms with E-state index in [9.17, 15) is 13.2 Å². The zero-order chi connectivity index (χ0) is 13.2. The molecule has 0 atom stereocenters. The van der Waals surface area contributed by atoms with Gasteiger partial charge >= 0.3 is 6.18 Å². The molecule has 0 aliphatic heterocycles. The molecule has 0 saturated heterocycles. The fourth-order valence-corrected chi connectivity index (χ4v) is 1.31. The van der Waals surface area contributed by atoms with Gasteiger partial charge in [0, 0.05) is 0 Å². The first-order valence-electron chi connectivity index (χ1n) is 4.88. The van der Waals surface area contributed by atoms with Crippen LogP contribution in [-0.4, -0.2) is 9.97 Å². The van der Waals surface area contributed by atoms with Gasteiger partial charge in [-0.15, -0.1) is 0 Å². The number of nitrogens with zero attached hydrogens (tertiary/aromatic N) is 2. The van der Waals surface area contributed by atoms with Gasteiger partial charge in [-0.2, -0.15) is 18.2 Å². The van der Waals surface area contributed by atoms with Crippen LogP contribution < -0.4 is 10.5 Å². The van der Waals surface area contributed by atoms with E-state index >= 15 is 0 Å². The Hall–Kier alpha value is -2.31. The number of ether oxygens (including phenoxy) is 1. The average Bonchev–Trinajstić information content (AvgIpc) is 2.31. The van der Waals surface area contributed by atoms with Gasteiger partial charge in [0.05, 0.1) is 11.8 Å². The molecule has 1 aromatic carbocycles. The van der Waals surface area contributed by atoms with Crippen molar-refractivity contribution in [2.45, 2.75) is 6.18 Å². The SMILES string of the molecule is Nc1cncnc1Oc1ccccc1C(F)(F)F. The van der Waals surface area contributed by atoms with Crippen LogP contribution in [0, 0.1) is 0 Å². The molecule has 2 N–H and O–H groups in total. The average molecular weight is 255 g/mol. The van der Waals surface area contributed by atoms with Gasteiger partial charge in [-0.3, -0.25) is 0 Å². The van der Waals surface area contributed by atoms with E-state index in [1.54, 1.807) is 0 Å². The van der Waals surface area contributed by atoms with E-state index in [1.807, 2.05) is 0 Å². The Morgan fingerprint density at radius 3 is 2.56 bits per heavy atom. The van der Waals surface area contributed by atoms with Crippen molar-refractivity contribution in [1.82, 2.24) is 9.97 Å². The summed E-state index contributed by atoms with van der Waals surface area (Å²) >= 11 is 0. The smallest absolute Gasteiger partial charge is 0.419 e. The highest BCUT2D eigenvalue weighted by molar-refractivity contribution is 5.48. The highest BCUT2D eigenvalue weighted by Crippen LogP contribution is 2.38. The van der Waals surface area contributed by atoms with Crippen molar-refractivity contribution in [2.24, 2.45) is 0 Å². The van der Waals surface area contributed by atoms with Gasteiger partial charge < -0.3 is 10.5 Å². The van der Waals surface area contributed by atoms with Crippen LogP contribution in [0.5, 0.6) is 11.6 Å². The Morgan fingerprint density at radius 1 is 1.17 bits per heavy atom. The Bertz CT molecular complexity index is 557. The lowest BCUT2D eigenvalue weighted by atomic mass is 10.2. The van der Waals surface area contributed by atoms with Crippen LogP contribution in [0.15, 0.2) is 36.8 Å². The van der Waals surface area contributed by atoms with Crippen LogP contribution >= 0.6 is 0 Å². The molecule has 0 amide bonds. The molecule has 2 rings (SSSR count). The molecule has 0 fully saturated rings. The summed E-state index contributed by atoms with van der Waals surface area (Å²) in [4.78, 5) is 7.29. The number of aromatic nitrogens is 2. The number of para-hydroxylation sites is 1. The van der Waals surface area contributed by atoms with Crippen LogP contribution in [0.1, 0.15) is 5.56 Å². The van der Waals surface area contributed by atoms with Gasteiger partial charge in [0.2, 0.25) is 5.88 Å². The zero-order valence-electron chi connectivity index (χ0n) is 8.98. The third kappa shape index (κ3) is 2.50. The summed E-state index contributed by atoms with van der Waals surface area (Å²) in [6.45, 7) is 0. The molecular formula is C11H8F3N3O. The number of nitrogens with two attached hydrogens (primary N) is 1. The minimum absolute atomic E-state index is 0.0643. The number of hydrogen-bond donors (Lipinski definition) is 1. The molecule has 94 valence electrons. The summed E-state index contributed by atoms with van der Waals surface area (Å²) in [5.41, 5.74) is 4.67. The summed E-state index contributed by atoms with van der Waals surface area (Å²) in [5, 5.41) is 0. The summed E-state index contributed by atoms with van der Waals surface area (Å²) < 4.78 is 43.2. The second-order valence-corrected chi connectivity index (χ2v) is 3.38. The predicted molar refractivity (Wildman–Crippen MR) is 58.0 cm³/mol. The van der Waals surface area contributed by atoms with E-state index in [1.165, 1.54) is 24.4 Å². The largest absolute Gasteiger partial charge is 0.436 e. The van der Waals surface area contributed by atoms with E-state index in [-0.39, 0.29) is 17.3 Å². The lowest BCUT2D eigenvalue weighted by Gasteiger charge is -2.13. The molecule has 1 aromatic heterocycles. The fraction of sp³-hybridized carbons (Fsp3) is 0.0909. The number of nitrogen functional groups attached to an aromatic ring is 1. The molecule has 1 heterocycles. The highest BCUT2D eigenvalue weighted by Gasteiger charge is 2.34. The van der Waals surface area contributed by atoms with Crippen molar-refractivity contribution >= 4 is 5.69 Å². The Kier molecular flexibility index (Phi) is 3.05.